The maximum absolute atomic E-state index is 11.3. The molecule has 0 heterocycles. The summed E-state index contributed by atoms with van der Waals surface area (Å²) in [5.74, 6) is 0.157. The van der Waals surface area contributed by atoms with Crippen LogP contribution in [0.5, 0.6) is 5.75 Å². The Morgan fingerprint density at radius 3 is 2.56 bits per heavy atom. The fraction of sp³-hybridized carbons (Fsp3) is 0.364. The first-order chi connectivity index (χ1) is 7.60. The van der Waals surface area contributed by atoms with Crippen LogP contribution in [-0.2, 0) is 16.0 Å². The molecule has 5 heteroatoms. The predicted molar refractivity (Wildman–Crippen MR) is 63.4 cm³/mol. The molecule has 88 valence electrons. The zero-order valence-electron chi connectivity index (χ0n) is 9.05. The van der Waals surface area contributed by atoms with Gasteiger partial charge in [0.15, 0.2) is 0 Å². The largest absolute Gasteiger partial charge is 0.495 e. The van der Waals surface area contributed by atoms with Crippen molar-refractivity contribution in [1.29, 1.82) is 0 Å². The summed E-state index contributed by atoms with van der Waals surface area (Å²) in [5.41, 5.74) is 0.630. The molecule has 16 heavy (non-hydrogen) atoms. The van der Waals surface area contributed by atoms with Crippen molar-refractivity contribution in [2.75, 3.05) is 13.7 Å². The molecule has 1 aromatic rings. The Morgan fingerprint density at radius 1 is 1.31 bits per heavy atom. The minimum atomic E-state index is -0.328. The maximum Gasteiger partial charge on any atom is 0.310 e. The molecule has 0 bridgehead atoms. The van der Waals surface area contributed by atoms with Crippen molar-refractivity contribution >= 4 is 29.2 Å². The zero-order chi connectivity index (χ0) is 12.1. The van der Waals surface area contributed by atoms with Crippen LogP contribution in [0.1, 0.15) is 12.5 Å². The lowest BCUT2D eigenvalue weighted by Crippen LogP contribution is -2.08. The van der Waals surface area contributed by atoms with E-state index in [9.17, 15) is 4.79 Å². The molecule has 0 aromatic heterocycles. The van der Waals surface area contributed by atoms with Crippen LogP contribution in [-0.4, -0.2) is 19.7 Å². The Hall–Kier alpha value is -0.930. The van der Waals surface area contributed by atoms with Gasteiger partial charge in [-0.05, 0) is 18.6 Å². The maximum atomic E-state index is 11.3. The van der Waals surface area contributed by atoms with Crippen molar-refractivity contribution in [3.8, 4) is 5.75 Å². The van der Waals surface area contributed by atoms with E-state index in [4.69, 9.17) is 32.7 Å². The molecule has 0 radical (unpaired) electrons. The summed E-state index contributed by atoms with van der Waals surface area (Å²) in [6.07, 6.45) is 0.108. The lowest BCUT2D eigenvalue weighted by Gasteiger charge is -2.09. The molecule has 0 aliphatic rings. The first-order valence-electron chi connectivity index (χ1n) is 4.76. The molecule has 0 aliphatic heterocycles. The van der Waals surface area contributed by atoms with Gasteiger partial charge in [-0.1, -0.05) is 29.3 Å². The summed E-state index contributed by atoms with van der Waals surface area (Å²) >= 11 is 12.0. The van der Waals surface area contributed by atoms with Crippen LogP contribution < -0.4 is 4.74 Å². The van der Waals surface area contributed by atoms with Gasteiger partial charge in [-0.15, -0.1) is 0 Å². The fourth-order valence-corrected chi connectivity index (χ4v) is 1.72. The van der Waals surface area contributed by atoms with E-state index in [1.54, 1.807) is 19.1 Å². The highest BCUT2D eigenvalue weighted by atomic mass is 35.5. The van der Waals surface area contributed by atoms with Crippen LogP contribution >= 0.6 is 23.2 Å². The second-order valence-electron chi connectivity index (χ2n) is 3.04. The Labute approximate surface area is 104 Å². The summed E-state index contributed by atoms with van der Waals surface area (Å²) in [6, 6.07) is 3.37. The monoisotopic (exact) mass is 262 g/mol. The topological polar surface area (TPSA) is 35.5 Å². The minimum Gasteiger partial charge on any atom is -0.495 e. The highest BCUT2D eigenvalue weighted by Crippen LogP contribution is 2.34. The zero-order valence-corrected chi connectivity index (χ0v) is 10.6. The number of hydrogen-bond acceptors (Lipinski definition) is 3. The number of carbonyl (C=O) groups is 1. The number of carbonyl (C=O) groups excluding carboxylic acids is 1. The van der Waals surface area contributed by atoms with Crippen LogP contribution in [0.2, 0.25) is 10.0 Å². The number of ether oxygens (including phenoxy) is 2. The minimum absolute atomic E-state index is 0.108. The van der Waals surface area contributed by atoms with E-state index in [2.05, 4.69) is 0 Å². The smallest absolute Gasteiger partial charge is 0.310 e. The van der Waals surface area contributed by atoms with E-state index >= 15 is 0 Å². The number of methoxy groups -OCH3 is 1. The van der Waals surface area contributed by atoms with E-state index in [1.807, 2.05) is 0 Å². The van der Waals surface area contributed by atoms with Gasteiger partial charge in [0.1, 0.15) is 10.8 Å². The first-order valence-corrected chi connectivity index (χ1v) is 5.52. The normalized spacial score (nSPS) is 10.0. The van der Waals surface area contributed by atoms with Gasteiger partial charge in [-0.3, -0.25) is 4.79 Å². The molecule has 0 N–H and O–H groups in total. The van der Waals surface area contributed by atoms with Crippen LogP contribution in [0.15, 0.2) is 12.1 Å². The molecule has 0 unspecified atom stereocenters. The van der Waals surface area contributed by atoms with Crippen molar-refractivity contribution in [2.45, 2.75) is 13.3 Å². The molecular formula is C11H12Cl2O3. The summed E-state index contributed by atoms with van der Waals surface area (Å²) in [4.78, 5) is 11.3. The molecule has 0 saturated heterocycles. The Bertz CT molecular complexity index is 391. The van der Waals surface area contributed by atoms with E-state index < -0.39 is 0 Å². The number of hydrogen-bond donors (Lipinski definition) is 0. The van der Waals surface area contributed by atoms with Gasteiger partial charge in [-0.2, -0.15) is 0 Å². The van der Waals surface area contributed by atoms with Crippen molar-refractivity contribution in [1.82, 2.24) is 0 Å². The third-order valence-electron chi connectivity index (χ3n) is 1.99. The molecule has 0 amide bonds. The lowest BCUT2D eigenvalue weighted by molar-refractivity contribution is -0.142. The number of benzene rings is 1. The Balaban J connectivity index is 2.90. The highest BCUT2D eigenvalue weighted by molar-refractivity contribution is 6.43. The molecule has 1 rings (SSSR count). The standard InChI is InChI=1S/C11H12Cl2O3/c1-3-16-9(14)6-7-4-5-8(15-2)11(13)10(7)12/h4-5H,3,6H2,1-2H3. The lowest BCUT2D eigenvalue weighted by atomic mass is 10.1. The van der Waals surface area contributed by atoms with Gasteiger partial charge >= 0.3 is 5.97 Å². The van der Waals surface area contributed by atoms with Crippen molar-refractivity contribution in [3.05, 3.63) is 27.7 Å². The number of esters is 1. The molecule has 0 aliphatic carbocycles. The Morgan fingerprint density at radius 2 is 2.00 bits per heavy atom. The third-order valence-corrected chi connectivity index (χ3v) is 2.89. The van der Waals surface area contributed by atoms with Gasteiger partial charge in [0.25, 0.3) is 0 Å². The van der Waals surface area contributed by atoms with Gasteiger partial charge in [-0.25, -0.2) is 0 Å². The quantitative estimate of drug-likeness (QED) is 0.783. The first kappa shape index (κ1) is 13.1. The predicted octanol–water partition coefficient (Wildman–Crippen LogP) is 3.11. The van der Waals surface area contributed by atoms with E-state index in [1.165, 1.54) is 7.11 Å². The van der Waals surface area contributed by atoms with Gasteiger partial charge < -0.3 is 9.47 Å². The molecule has 0 saturated carbocycles. The summed E-state index contributed by atoms with van der Waals surface area (Å²) in [7, 11) is 1.50. The average Bonchev–Trinajstić information content (AvgIpc) is 2.25. The van der Waals surface area contributed by atoms with Gasteiger partial charge in [0.2, 0.25) is 0 Å². The van der Waals surface area contributed by atoms with Crippen LogP contribution in [0, 0.1) is 0 Å². The van der Waals surface area contributed by atoms with E-state index in [-0.39, 0.29) is 12.4 Å². The SMILES string of the molecule is CCOC(=O)Cc1ccc(OC)c(Cl)c1Cl. The van der Waals surface area contributed by atoms with Crippen LogP contribution in [0.25, 0.3) is 0 Å². The molecule has 3 nitrogen and oxygen atoms in total. The van der Waals surface area contributed by atoms with Gasteiger partial charge in [0.05, 0.1) is 25.2 Å². The molecule has 0 atom stereocenters. The Kier molecular flexibility index (Phi) is 4.90. The molecule has 0 spiro atoms. The van der Waals surface area contributed by atoms with Crippen molar-refractivity contribution < 1.29 is 14.3 Å². The van der Waals surface area contributed by atoms with Crippen LogP contribution in [0.3, 0.4) is 0 Å². The fourth-order valence-electron chi connectivity index (χ4n) is 1.23. The van der Waals surface area contributed by atoms with Crippen LogP contribution in [0.4, 0.5) is 0 Å². The van der Waals surface area contributed by atoms with Gasteiger partial charge in [0, 0.05) is 0 Å². The number of rotatable bonds is 4. The highest BCUT2D eigenvalue weighted by Gasteiger charge is 2.13. The molecular weight excluding hydrogens is 251 g/mol. The van der Waals surface area contributed by atoms with Crippen molar-refractivity contribution in [3.63, 3.8) is 0 Å². The van der Waals surface area contributed by atoms with Crippen molar-refractivity contribution in [2.24, 2.45) is 0 Å². The van der Waals surface area contributed by atoms with E-state index in [0.29, 0.717) is 28.0 Å². The number of halogens is 2. The summed E-state index contributed by atoms with van der Waals surface area (Å²) in [6.45, 7) is 2.10. The second-order valence-corrected chi connectivity index (χ2v) is 3.79. The summed E-state index contributed by atoms with van der Waals surface area (Å²) < 4.78 is 9.83. The third kappa shape index (κ3) is 3.03. The second kappa shape index (κ2) is 5.97. The average molecular weight is 263 g/mol. The molecule has 1 aromatic carbocycles. The van der Waals surface area contributed by atoms with E-state index in [0.717, 1.165) is 0 Å². The summed E-state index contributed by atoms with van der Waals surface area (Å²) in [5, 5.41) is 0.639. The molecule has 0 fully saturated rings.